The molecule has 0 N–H and O–H groups in total. The van der Waals surface area contributed by atoms with E-state index in [2.05, 4.69) is 22.6 Å². The molecule has 2 aromatic rings. The fraction of sp³-hybridized carbons (Fsp3) is 0.353. The molecule has 0 aliphatic carbocycles. The third kappa shape index (κ3) is 5.68. The van der Waals surface area contributed by atoms with E-state index in [9.17, 15) is 4.79 Å². The van der Waals surface area contributed by atoms with E-state index < -0.39 is 0 Å². The summed E-state index contributed by atoms with van der Waals surface area (Å²) in [5, 5.41) is 2.14. The van der Waals surface area contributed by atoms with Gasteiger partial charge in [0.15, 0.2) is 0 Å². The van der Waals surface area contributed by atoms with E-state index in [4.69, 9.17) is 0 Å². The summed E-state index contributed by atoms with van der Waals surface area (Å²) in [6.45, 7) is 5.79. The number of hydrogen-bond donors (Lipinski definition) is 0. The molecule has 112 valence electrons. The van der Waals surface area contributed by atoms with Gasteiger partial charge in [0.05, 0.1) is 0 Å². The zero-order chi connectivity index (χ0) is 14.4. The molecule has 1 aliphatic heterocycles. The van der Waals surface area contributed by atoms with Gasteiger partial charge >= 0.3 is 0 Å². The molecular formula is C17H20NOSY2-. The maximum absolute atomic E-state index is 11.3. The third-order valence-corrected chi connectivity index (χ3v) is 4.45. The van der Waals surface area contributed by atoms with Crippen LogP contribution in [0.1, 0.15) is 35.9 Å². The summed E-state index contributed by atoms with van der Waals surface area (Å²) in [4.78, 5) is 15.0. The van der Waals surface area contributed by atoms with Gasteiger partial charge in [0.25, 0.3) is 0 Å². The number of carbonyl (C=O) groups excluding carboxylic acids is 1. The molecule has 2 radical (unpaired) electrons. The number of hydrogen-bond acceptors (Lipinski definition) is 3. The van der Waals surface area contributed by atoms with Crippen LogP contribution >= 0.6 is 11.3 Å². The summed E-state index contributed by atoms with van der Waals surface area (Å²) in [6, 6.07) is 11.8. The number of thiophene rings is 1. The molecule has 0 saturated carbocycles. The van der Waals surface area contributed by atoms with Gasteiger partial charge in [-0.2, -0.15) is 0 Å². The SMILES string of the molecule is CC.O=[C-]C(c1ccccc1)N1CCc2sccc2C1.[Y].[Y]. The summed E-state index contributed by atoms with van der Waals surface area (Å²) in [7, 11) is 0. The molecule has 0 amide bonds. The molecule has 22 heavy (non-hydrogen) atoms. The Morgan fingerprint density at radius 3 is 2.45 bits per heavy atom. The number of benzene rings is 1. The van der Waals surface area contributed by atoms with Crippen molar-refractivity contribution in [2.75, 3.05) is 6.54 Å². The minimum atomic E-state index is -0.237. The molecular weight excluding hydrogens is 444 g/mol. The molecule has 0 spiro atoms. The van der Waals surface area contributed by atoms with Crippen LogP contribution in [0.25, 0.3) is 0 Å². The van der Waals surface area contributed by atoms with Crippen molar-refractivity contribution in [3.8, 4) is 0 Å². The third-order valence-electron chi connectivity index (χ3n) is 3.43. The van der Waals surface area contributed by atoms with Gasteiger partial charge in [-0.3, -0.25) is 0 Å². The molecule has 1 unspecified atom stereocenters. The van der Waals surface area contributed by atoms with E-state index >= 15 is 0 Å². The van der Waals surface area contributed by atoms with Crippen molar-refractivity contribution in [1.82, 2.24) is 4.90 Å². The molecule has 0 fully saturated rings. The van der Waals surface area contributed by atoms with Crippen molar-refractivity contribution >= 4 is 17.6 Å². The summed E-state index contributed by atoms with van der Waals surface area (Å²) >= 11 is 1.82. The Morgan fingerprint density at radius 2 is 1.82 bits per heavy atom. The van der Waals surface area contributed by atoms with Crippen LogP contribution in [0, 0.1) is 0 Å². The first kappa shape index (κ1) is 22.8. The summed E-state index contributed by atoms with van der Waals surface area (Å²) in [5.74, 6) is 0. The topological polar surface area (TPSA) is 20.3 Å². The number of fused-ring (bicyclic) bond motifs is 1. The van der Waals surface area contributed by atoms with Crippen LogP contribution in [0.15, 0.2) is 41.8 Å². The van der Waals surface area contributed by atoms with Crippen molar-refractivity contribution in [3.05, 3.63) is 57.8 Å². The quantitative estimate of drug-likeness (QED) is 0.641. The first-order valence-corrected chi connectivity index (χ1v) is 7.98. The van der Waals surface area contributed by atoms with E-state index in [1.807, 2.05) is 55.5 Å². The summed E-state index contributed by atoms with van der Waals surface area (Å²) in [5.41, 5.74) is 2.40. The van der Waals surface area contributed by atoms with E-state index in [1.165, 1.54) is 10.4 Å². The minimum absolute atomic E-state index is 0. The van der Waals surface area contributed by atoms with Crippen LogP contribution in [0.5, 0.6) is 0 Å². The summed E-state index contributed by atoms with van der Waals surface area (Å²) in [6.07, 6.45) is 3.23. The van der Waals surface area contributed by atoms with Gasteiger partial charge in [0.2, 0.25) is 0 Å². The van der Waals surface area contributed by atoms with Gasteiger partial charge in [0, 0.05) is 83.4 Å². The van der Waals surface area contributed by atoms with Crippen LogP contribution < -0.4 is 0 Å². The first-order valence-electron chi connectivity index (χ1n) is 7.10. The molecule has 5 heteroatoms. The predicted molar refractivity (Wildman–Crippen MR) is 84.7 cm³/mol. The molecule has 3 rings (SSSR count). The van der Waals surface area contributed by atoms with Crippen molar-refractivity contribution in [3.63, 3.8) is 0 Å². The van der Waals surface area contributed by atoms with E-state index in [0.29, 0.717) is 0 Å². The van der Waals surface area contributed by atoms with Gasteiger partial charge in [-0.05, 0) is 23.4 Å². The number of rotatable bonds is 3. The van der Waals surface area contributed by atoms with E-state index in [0.717, 1.165) is 25.1 Å². The molecule has 1 aliphatic rings. The average molecular weight is 464 g/mol. The van der Waals surface area contributed by atoms with Crippen LogP contribution in [0.2, 0.25) is 0 Å². The van der Waals surface area contributed by atoms with Crippen molar-refractivity contribution in [2.45, 2.75) is 32.9 Å². The molecule has 0 saturated heterocycles. The standard InChI is InChI=1S/C15H14NOS.C2H6.2Y/c17-11-14(12-4-2-1-3-5-12)16-8-6-15-13(10-16)7-9-18-15;1-2;;/h1-5,7,9,14H,6,8,10H2;1-2H3;;/q-1;;;. The Hall–Kier alpha value is 0.758. The van der Waals surface area contributed by atoms with Gasteiger partial charge in [-0.15, -0.1) is 11.3 Å². The predicted octanol–water partition coefficient (Wildman–Crippen LogP) is 3.98. The molecule has 0 bridgehead atoms. The maximum Gasteiger partial charge on any atom is 0.0225 e. The average Bonchev–Trinajstić information content (AvgIpc) is 2.99. The van der Waals surface area contributed by atoms with Crippen molar-refractivity contribution in [2.24, 2.45) is 0 Å². The van der Waals surface area contributed by atoms with Crippen LogP contribution in [0.3, 0.4) is 0 Å². The van der Waals surface area contributed by atoms with Crippen molar-refractivity contribution in [1.29, 1.82) is 0 Å². The zero-order valence-corrected chi connectivity index (χ0v) is 19.7. The summed E-state index contributed by atoms with van der Waals surface area (Å²) < 4.78 is 0. The zero-order valence-electron chi connectivity index (χ0n) is 13.2. The molecule has 2 heterocycles. The molecule has 1 aromatic heterocycles. The second-order valence-corrected chi connectivity index (χ2v) is 5.52. The van der Waals surface area contributed by atoms with Crippen LogP contribution in [-0.2, 0) is 83.2 Å². The largest absolute Gasteiger partial charge is 0.540 e. The van der Waals surface area contributed by atoms with Crippen LogP contribution in [-0.4, -0.2) is 17.7 Å². The Labute approximate surface area is 187 Å². The molecule has 2 nitrogen and oxygen atoms in total. The van der Waals surface area contributed by atoms with Crippen molar-refractivity contribution < 1.29 is 70.2 Å². The fourth-order valence-corrected chi connectivity index (χ4v) is 3.37. The first-order chi connectivity index (χ1) is 9.88. The normalized spacial score (nSPS) is 14.3. The molecule has 1 aromatic carbocycles. The monoisotopic (exact) mass is 464 g/mol. The van der Waals surface area contributed by atoms with Gasteiger partial charge in [-0.25, -0.2) is 6.29 Å². The van der Waals surface area contributed by atoms with Gasteiger partial charge in [0.1, 0.15) is 0 Å². The Morgan fingerprint density at radius 1 is 1.14 bits per heavy atom. The van der Waals surface area contributed by atoms with Gasteiger partial charge in [-0.1, -0.05) is 55.8 Å². The van der Waals surface area contributed by atoms with Crippen LogP contribution in [0.4, 0.5) is 0 Å². The second kappa shape index (κ2) is 12.2. The molecule has 1 atom stereocenters. The minimum Gasteiger partial charge on any atom is -0.540 e. The number of nitrogens with zero attached hydrogens (tertiary/aromatic N) is 1. The Balaban J connectivity index is 0.00000106. The van der Waals surface area contributed by atoms with E-state index in [-0.39, 0.29) is 71.5 Å². The fourth-order valence-electron chi connectivity index (χ4n) is 2.48. The second-order valence-electron chi connectivity index (χ2n) is 4.52. The van der Waals surface area contributed by atoms with E-state index in [1.54, 1.807) is 0 Å². The Kier molecular flexibility index (Phi) is 12.6. The Bertz CT molecular complexity index is 545. The van der Waals surface area contributed by atoms with Gasteiger partial charge < -0.3 is 9.69 Å². The maximum atomic E-state index is 11.3. The smallest absolute Gasteiger partial charge is 0.0225 e.